The molecule has 1 aromatic heterocycles. The molecule has 100 valence electrons. The van der Waals surface area contributed by atoms with Crippen molar-refractivity contribution < 1.29 is 4.74 Å². The van der Waals surface area contributed by atoms with E-state index in [9.17, 15) is 0 Å². The normalized spacial score (nSPS) is 10.1. The van der Waals surface area contributed by atoms with Crippen LogP contribution in [0.5, 0.6) is 5.75 Å². The van der Waals surface area contributed by atoms with Crippen molar-refractivity contribution in [2.45, 2.75) is 6.92 Å². The van der Waals surface area contributed by atoms with Gasteiger partial charge in [0.1, 0.15) is 5.75 Å². The molecule has 2 aromatic rings. The smallest absolute Gasteiger partial charge is 0.233 e. The number of ether oxygens (including phenoxy) is 1. The highest BCUT2D eigenvalue weighted by atomic mass is 35.5. The van der Waals surface area contributed by atoms with Gasteiger partial charge in [-0.05, 0) is 30.7 Å². The van der Waals surface area contributed by atoms with Crippen molar-refractivity contribution in [2.75, 3.05) is 24.3 Å². The molecule has 0 saturated heterocycles. The number of aromatic nitrogens is 3. The van der Waals surface area contributed by atoms with Crippen molar-refractivity contribution in [3.8, 4) is 5.75 Å². The molecule has 7 heteroatoms. The zero-order valence-corrected chi connectivity index (χ0v) is 11.4. The molecule has 0 radical (unpaired) electrons. The zero-order chi connectivity index (χ0) is 13.7. The van der Waals surface area contributed by atoms with Crippen LogP contribution < -0.4 is 15.4 Å². The predicted molar refractivity (Wildman–Crippen MR) is 75.3 cm³/mol. The number of hydrogen-bond acceptors (Lipinski definition) is 6. The van der Waals surface area contributed by atoms with Crippen LogP contribution in [0.4, 0.5) is 17.6 Å². The van der Waals surface area contributed by atoms with Gasteiger partial charge in [0.2, 0.25) is 17.2 Å². The zero-order valence-electron chi connectivity index (χ0n) is 10.6. The molecule has 0 bridgehead atoms. The molecule has 0 atom stereocenters. The van der Waals surface area contributed by atoms with E-state index in [1.807, 2.05) is 31.2 Å². The van der Waals surface area contributed by atoms with Crippen LogP contribution >= 0.6 is 11.6 Å². The third kappa shape index (κ3) is 3.69. The van der Waals surface area contributed by atoms with Crippen LogP contribution in [-0.2, 0) is 0 Å². The van der Waals surface area contributed by atoms with Crippen LogP contribution in [-0.4, -0.2) is 28.6 Å². The summed E-state index contributed by atoms with van der Waals surface area (Å²) in [5, 5.41) is 5.99. The maximum absolute atomic E-state index is 5.81. The Kier molecular flexibility index (Phi) is 4.35. The van der Waals surface area contributed by atoms with Crippen LogP contribution in [0.1, 0.15) is 6.92 Å². The molecule has 0 amide bonds. The van der Waals surface area contributed by atoms with E-state index in [0.29, 0.717) is 18.5 Å². The first-order chi connectivity index (χ1) is 9.21. The van der Waals surface area contributed by atoms with Gasteiger partial charge in [0.05, 0.1) is 6.61 Å². The van der Waals surface area contributed by atoms with Gasteiger partial charge in [-0.25, -0.2) is 0 Å². The Bertz CT molecular complexity index is 564. The van der Waals surface area contributed by atoms with Gasteiger partial charge in [0, 0.05) is 18.8 Å². The van der Waals surface area contributed by atoms with Gasteiger partial charge in [-0.3, -0.25) is 0 Å². The van der Waals surface area contributed by atoms with Crippen molar-refractivity contribution >= 4 is 29.2 Å². The molecule has 6 nitrogen and oxygen atoms in total. The molecule has 2 N–H and O–H groups in total. The number of nitrogens with zero attached hydrogens (tertiary/aromatic N) is 3. The molecule has 0 saturated carbocycles. The lowest BCUT2D eigenvalue weighted by molar-refractivity contribution is 0.340. The van der Waals surface area contributed by atoms with Gasteiger partial charge < -0.3 is 15.4 Å². The average Bonchev–Trinajstić information content (AvgIpc) is 2.39. The summed E-state index contributed by atoms with van der Waals surface area (Å²) in [5.74, 6) is 1.56. The van der Waals surface area contributed by atoms with E-state index in [2.05, 4.69) is 25.6 Å². The lowest BCUT2D eigenvalue weighted by atomic mass is 10.3. The van der Waals surface area contributed by atoms with Gasteiger partial charge in [-0.1, -0.05) is 6.07 Å². The second kappa shape index (κ2) is 6.19. The van der Waals surface area contributed by atoms with Crippen LogP contribution in [0.3, 0.4) is 0 Å². The third-order valence-corrected chi connectivity index (χ3v) is 2.40. The van der Waals surface area contributed by atoms with E-state index < -0.39 is 0 Å². The third-order valence-electron chi connectivity index (χ3n) is 2.23. The average molecular weight is 280 g/mol. The molecular formula is C12H14ClN5O. The van der Waals surface area contributed by atoms with E-state index in [1.54, 1.807) is 7.05 Å². The van der Waals surface area contributed by atoms with Gasteiger partial charge in [0.25, 0.3) is 0 Å². The highest BCUT2D eigenvalue weighted by Crippen LogP contribution is 2.20. The fraction of sp³-hybridized carbons (Fsp3) is 0.250. The Morgan fingerprint density at radius 1 is 1.21 bits per heavy atom. The first kappa shape index (κ1) is 13.4. The van der Waals surface area contributed by atoms with Crippen molar-refractivity contribution in [3.63, 3.8) is 0 Å². The number of nitrogens with one attached hydrogen (secondary N) is 2. The van der Waals surface area contributed by atoms with Gasteiger partial charge in [0.15, 0.2) is 0 Å². The standard InChI is InChI=1S/C12H14ClN5O/c1-3-19-9-6-4-5-8(7-9)15-12-17-10(13)16-11(14-2)18-12/h4-7H,3H2,1-2H3,(H2,14,15,16,17,18). The van der Waals surface area contributed by atoms with E-state index in [-0.39, 0.29) is 5.28 Å². The summed E-state index contributed by atoms with van der Waals surface area (Å²) >= 11 is 5.81. The minimum absolute atomic E-state index is 0.128. The summed E-state index contributed by atoms with van der Waals surface area (Å²) in [7, 11) is 1.71. The Labute approximate surface area is 116 Å². The lowest BCUT2D eigenvalue weighted by Gasteiger charge is -2.08. The highest BCUT2D eigenvalue weighted by Gasteiger charge is 2.04. The van der Waals surface area contributed by atoms with Crippen molar-refractivity contribution in [1.82, 2.24) is 15.0 Å². The quantitative estimate of drug-likeness (QED) is 0.877. The number of hydrogen-bond donors (Lipinski definition) is 2. The summed E-state index contributed by atoms with van der Waals surface area (Å²) in [6.45, 7) is 2.55. The molecule has 0 spiro atoms. The number of rotatable bonds is 5. The van der Waals surface area contributed by atoms with Crippen LogP contribution in [0, 0.1) is 0 Å². The first-order valence-electron chi connectivity index (χ1n) is 5.80. The molecule has 19 heavy (non-hydrogen) atoms. The number of benzene rings is 1. The summed E-state index contributed by atoms with van der Waals surface area (Å²) < 4.78 is 5.42. The maximum Gasteiger partial charge on any atom is 0.233 e. The van der Waals surface area contributed by atoms with E-state index in [0.717, 1.165) is 11.4 Å². The number of halogens is 1. The molecule has 1 aromatic carbocycles. The fourth-order valence-corrected chi connectivity index (χ4v) is 1.64. The largest absolute Gasteiger partial charge is 0.494 e. The van der Waals surface area contributed by atoms with E-state index in [1.165, 1.54) is 0 Å². The van der Waals surface area contributed by atoms with Gasteiger partial charge in [-0.2, -0.15) is 15.0 Å². The second-order valence-corrected chi connectivity index (χ2v) is 3.93. The molecular weight excluding hydrogens is 266 g/mol. The van der Waals surface area contributed by atoms with Crippen molar-refractivity contribution in [3.05, 3.63) is 29.5 Å². The van der Waals surface area contributed by atoms with Crippen LogP contribution in [0.15, 0.2) is 24.3 Å². The maximum atomic E-state index is 5.81. The minimum Gasteiger partial charge on any atom is -0.494 e. The van der Waals surface area contributed by atoms with E-state index >= 15 is 0 Å². The summed E-state index contributed by atoms with van der Waals surface area (Å²) in [6.07, 6.45) is 0. The van der Waals surface area contributed by atoms with Crippen molar-refractivity contribution in [1.29, 1.82) is 0 Å². The Morgan fingerprint density at radius 3 is 2.74 bits per heavy atom. The Morgan fingerprint density at radius 2 is 2.00 bits per heavy atom. The predicted octanol–water partition coefficient (Wildman–Crippen LogP) is 2.71. The second-order valence-electron chi connectivity index (χ2n) is 3.59. The SMILES string of the molecule is CCOc1cccc(Nc2nc(Cl)nc(NC)n2)c1. The molecule has 1 heterocycles. The van der Waals surface area contributed by atoms with Gasteiger partial charge >= 0.3 is 0 Å². The monoisotopic (exact) mass is 279 g/mol. The highest BCUT2D eigenvalue weighted by molar-refractivity contribution is 6.28. The molecule has 0 unspecified atom stereocenters. The molecule has 0 fully saturated rings. The van der Waals surface area contributed by atoms with E-state index in [4.69, 9.17) is 16.3 Å². The van der Waals surface area contributed by atoms with Crippen LogP contribution in [0.25, 0.3) is 0 Å². The molecule has 0 aliphatic rings. The van der Waals surface area contributed by atoms with Crippen molar-refractivity contribution in [2.24, 2.45) is 0 Å². The van der Waals surface area contributed by atoms with Crippen LogP contribution in [0.2, 0.25) is 5.28 Å². The number of anilines is 3. The Balaban J connectivity index is 2.20. The lowest BCUT2D eigenvalue weighted by Crippen LogP contribution is -2.03. The molecule has 0 aliphatic carbocycles. The summed E-state index contributed by atoms with van der Waals surface area (Å²) in [5.41, 5.74) is 0.815. The molecule has 0 aliphatic heterocycles. The Hall–Kier alpha value is -2.08. The summed E-state index contributed by atoms with van der Waals surface area (Å²) in [4.78, 5) is 12.1. The summed E-state index contributed by atoms with van der Waals surface area (Å²) in [6, 6.07) is 7.52. The first-order valence-corrected chi connectivity index (χ1v) is 6.18. The van der Waals surface area contributed by atoms with Gasteiger partial charge in [-0.15, -0.1) is 0 Å². The fourth-order valence-electron chi connectivity index (χ4n) is 1.48. The minimum atomic E-state index is 0.128. The topological polar surface area (TPSA) is 72.0 Å². The molecule has 2 rings (SSSR count).